The van der Waals surface area contributed by atoms with Crippen LogP contribution < -0.4 is 10.9 Å². The van der Waals surface area contributed by atoms with E-state index in [2.05, 4.69) is 17.3 Å². The molecule has 0 saturated heterocycles. The van der Waals surface area contributed by atoms with E-state index in [0.29, 0.717) is 25.1 Å². The first-order chi connectivity index (χ1) is 10.7. The third-order valence-corrected chi connectivity index (χ3v) is 4.00. The SMILES string of the molecule is CCSc1ccccc1C(=O)NCCCn1ncccc1=O. The maximum Gasteiger partial charge on any atom is 0.266 e. The molecule has 0 unspecified atom stereocenters. The summed E-state index contributed by atoms with van der Waals surface area (Å²) in [6, 6.07) is 10.7. The average molecular weight is 317 g/mol. The van der Waals surface area contributed by atoms with E-state index < -0.39 is 0 Å². The van der Waals surface area contributed by atoms with Crippen molar-refractivity contribution in [2.75, 3.05) is 12.3 Å². The summed E-state index contributed by atoms with van der Waals surface area (Å²) in [6.07, 6.45) is 2.24. The van der Waals surface area contributed by atoms with E-state index in [-0.39, 0.29) is 11.5 Å². The maximum absolute atomic E-state index is 12.2. The minimum absolute atomic E-state index is 0.0788. The lowest BCUT2D eigenvalue weighted by Gasteiger charge is -2.09. The van der Waals surface area contributed by atoms with Crippen LogP contribution in [0.2, 0.25) is 0 Å². The zero-order valence-electron chi connectivity index (χ0n) is 12.5. The highest BCUT2D eigenvalue weighted by Crippen LogP contribution is 2.21. The molecule has 0 spiro atoms. The number of thioether (sulfide) groups is 1. The molecule has 1 N–H and O–H groups in total. The van der Waals surface area contributed by atoms with E-state index in [1.165, 1.54) is 10.7 Å². The summed E-state index contributed by atoms with van der Waals surface area (Å²) in [4.78, 5) is 24.7. The smallest absolute Gasteiger partial charge is 0.266 e. The van der Waals surface area contributed by atoms with Crippen LogP contribution in [0.25, 0.3) is 0 Å². The van der Waals surface area contributed by atoms with Crippen LogP contribution in [0.4, 0.5) is 0 Å². The Morgan fingerprint density at radius 1 is 1.27 bits per heavy atom. The molecule has 0 aliphatic carbocycles. The van der Waals surface area contributed by atoms with Gasteiger partial charge in [-0.3, -0.25) is 9.59 Å². The lowest BCUT2D eigenvalue weighted by Crippen LogP contribution is -2.28. The van der Waals surface area contributed by atoms with Crippen LogP contribution in [0.15, 0.2) is 52.3 Å². The van der Waals surface area contributed by atoms with Crippen LogP contribution in [0, 0.1) is 0 Å². The van der Waals surface area contributed by atoms with Crippen LogP contribution in [0.5, 0.6) is 0 Å². The molecule has 22 heavy (non-hydrogen) atoms. The largest absolute Gasteiger partial charge is 0.352 e. The molecule has 2 rings (SSSR count). The Kier molecular flexibility index (Phi) is 6.21. The van der Waals surface area contributed by atoms with Gasteiger partial charge in [-0.15, -0.1) is 11.8 Å². The Labute approximate surface area is 133 Å². The van der Waals surface area contributed by atoms with Crippen molar-refractivity contribution in [3.63, 3.8) is 0 Å². The van der Waals surface area contributed by atoms with E-state index in [0.717, 1.165) is 10.6 Å². The highest BCUT2D eigenvalue weighted by Gasteiger charge is 2.10. The number of benzene rings is 1. The standard InChI is InChI=1S/C16H19N3O2S/c1-2-22-14-8-4-3-7-13(14)16(21)17-10-6-12-19-15(20)9-5-11-18-19/h3-5,7-9,11H,2,6,10,12H2,1H3,(H,17,21). The van der Waals surface area contributed by atoms with Gasteiger partial charge in [0.1, 0.15) is 0 Å². The van der Waals surface area contributed by atoms with Gasteiger partial charge in [0.15, 0.2) is 0 Å². The van der Waals surface area contributed by atoms with E-state index >= 15 is 0 Å². The van der Waals surface area contributed by atoms with Crippen LogP contribution in [-0.2, 0) is 6.54 Å². The van der Waals surface area contributed by atoms with Gasteiger partial charge in [-0.25, -0.2) is 4.68 Å². The third-order valence-electron chi connectivity index (χ3n) is 3.05. The van der Waals surface area contributed by atoms with Gasteiger partial charge in [0.2, 0.25) is 0 Å². The lowest BCUT2D eigenvalue weighted by molar-refractivity contribution is 0.0949. The number of hydrogen-bond acceptors (Lipinski definition) is 4. The van der Waals surface area contributed by atoms with Gasteiger partial charge >= 0.3 is 0 Å². The lowest BCUT2D eigenvalue weighted by atomic mass is 10.2. The fourth-order valence-electron chi connectivity index (χ4n) is 2.02. The number of amides is 1. The molecule has 1 heterocycles. The van der Waals surface area contributed by atoms with E-state index in [1.807, 2.05) is 24.3 Å². The number of aryl methyl sites for hydroxylation is 1. The molecular formula is C16H19N3O2S. The van der Waals surface area contributed by atoms with E-state index in [1.54, 1.807) is 24.0 Å². The van der Waals surface area contributed by atoms with Crippen LogP contribution in [0.1, 0.15) is 23.7 Å². The Hall–Kier alpha value is -2.08. The van der Waals surface area contributed by atoms with Crippen molar-refractivity contribution in [3.8, 4) is 0 Å². The molecular weight excluding hydrogens is 298 g/mol. The minimum atomic E-state index is -0.126. The zero-order chi connectivity index (χ0) is 15.8. The number of carbonyl (C=O) groups excluding carboxylic acids is 1. The van der Waals surface area contributed by atoms with Crippen LogP contribution in [0.3, 0.4) is 0 Å². The first kappa shape index (κ1) is 16.3. The quantitative estimate of drug-likeness (QED) is 0.628. The normalized spacial score (nSPS) is 10.4. The molecule has 0 bridgehead atoms. The van der Waals surface area contributed by atoms with E-state index in [9.17, 15) is 9.59 Å². The highest BCUT2D eigenvalue weighted by atomic mass is 32.2. The van der Waals surface area contributed by atoms with Crippen LogP contribution in [-0.4, -0.2) is 28.0 Å². The molecule has 1 aromatic carbocycles. The predicted octanol–water partition coefficient (Wildman–Crippen LogP) is 2.18. The van der Waals surface area contributed by atoms with Crippen molar-refractivity contribution in [1.29, 1.82) is 0 Å². The van der Waals surface area contributed by atoms with E-state index in [4.69, 9.17) is 0 Å². The Bertz CT molecular complexity index is 685. The average Bonchev–Trinajstić information content (AvgIpc) is 2.54. The predicted molar refractivity (Wildman–Crippen MR) is 88.3 cm³/mol. The second-order valence-electron chi connectivity index (χ2n) is 4.62. The number of rotatable bonds is 7. The zero-order valence-corrected chi connectivity index (χ0v) is 13.3. The van der Waals surface area contributed by atoms with Crippen molar-refractivity contribution in [2.45, 2.75) is 24.8 Å². The minimum Gasteiger partial charge on any atom is -0.352 e. The van der Waals surface area contributed by atoms with Crippen molar-refractivity contribution in [3.05, 3.63) is 58.5 Å². The number of nitrogens with one attached hydrogen (secondary N) is 1. The van der Waals surface area contributed by atoms with Crippen molar-refractivity contribution >= 4 is 17.7 Å². The van der Waals surface area contributed by atoms with Gasteiger partial charge in [0, 0.05) is 30.2 Å². The van der Waals surface area contributed by atoms with Gasteiger partial charge in [0.05, 0.1) is 5.56 Å². The number of nitrogens with zero attached hydrogens (tertiary/aromatic N) is 2. The van der Waals surface area contributed by atoms with Crippen molar-refractivity contribution in [2.24, 2.45) is 0 Å². The molecule has 1 aromatic heterocycles. The summed E-state index contributed by atoms with van der Waals surface area (Å²) in [5.41, 5.74) is 0.572. The van der Waals surface area contributed by atoms with Gasteiger partial charge < -0.3 is 5.32 Å². The summed E-state index contributed by atoms with van der Waals surface area (Å²) >= 11 is 1.65. The highest BCUT2D eigenvalue weighted by molar-refractivity contribution is 7.99. The number of aromatic nitrogens is 2. The Morgan fingerprint density at radius 2 is 2.09 bits per heavy atom. The second kappa shape index (κ2) is 8.38. The molecule has 0 saturated carbocycles. The van der Waals surface area contributed by atoms with Gasteiger partial charge in [-0.1, -0.05) is 19.1 Å². The topological polar surface area (TPSA) is 64.0 Å². The fourth-order valence-corrected chi connectivity index (χ4v) is 2.82. The first-order valence-corrected chi connectivity index (χ1v) is 8.23. The molecule has 1 amide bonds. The summed E-state index contributed by atoms with van der Waals surface area (Å²) < 4.78 is 1.40. The third kappa shape index (κ3) is 4.46. The number of carbonyl (C=O) groups is 1. The van der Waals surface area contributed by atoms with Crippen LogP contribution >= 0.6 is 11.8 Å². The van der Waals surface area contributed by atoms with Gasteiger partial charge in [0.25, 0.3) is 11.5 Å². The Morgan fingerprint density at radius 3 is 2.86 bits per heavy atom. The molecule has 0 aliphatic rings. The molecule has 6 heteroatoms. The van der Waals surface area contributed by atoms with Crippen molar-refractivity contribution in [1.82, 2.24) is 15.1 Å². The molecule has 0 aliphatic heterocycles. The molecule has 0 fully saturated rings. The second-order valence-corrected chi connectivity index (χ2v) is 5.93. The molecule has 0 atom stereocenters. The van der Waals surface area contributed by atoms with Gasteiger partial charge in [-0.05, 0) is 30.4 Å². The summed E-state index contributed by atoms with van der Waals surface area (Å²) in [7, 11) is 0. The molecule has 5 nitrogen and oxygen atoms in total. The summed E-state index contributed by atoms with van der Waals surface area (Å²) in [6.45, 7) is 3.06. The summed E-state index contributed by atoms with van der Waals surface area (Å²) in [5, 5.41) is 6.87. The summed E-state index contributed by atoms with van der Waals surface area (Å²) in [5.74, 6) is 0.845. The fraction of sp³-hybridized carbons (Fsp3) is 0.312. The molecule has 116 valence electrons. The Balaban J connectivity index is 1.86. The molecule has 0 radical (unpaired) electrons. The van der Waals surface area contributed by atoms with Gasteiger partial charge in [-0.2, -0.15) is 5.10 Å². The van der Waals surface area contributed by atoms with Crippen molar-refractivity contribution < 1.29 is 4.79 Å². The monoisotopic (exact) mass is 317 g/mol. The number of hydrogen-bond donors (Lipinski definition) is 1. The maximum atomic E-state index is 12.2. The molecule has 2 aromatic rings. The first-order valence-electron chi connectivity index (χ1n) is 7.24.